The topological polar surface area (TPSA) is 110 Å². The van der Waals surface area contributed by atoms with Crippen molar-refractivity contribution in [1.82, 2.24) is 4.90 Å². The summed E-state index contributed by atoms with van der Waals surface area (Å²) in [6, 6.07) is 9.70. The van der Waals surface area contributed by atoms with Crippen LogP contribution in [0.4, 0.5) is 0 Å². The van der Waals surface area contributed by atoms with E-state index in [1.807, 2.05) is 30.3 Å². The molecule has 3 atom stereocenters. The predicted octanol–water partition coefficient (Wildman–Crippen LogP) is 4.04. The fourth-order valence-corrected chi connectivity index (χ4v) is 5.66. The molecule has 1 aliphatic carbocycles. The number of carboxylic acid groups (broad SMARTS) is 1. The van der Waals surface area contributed by atoms with Crippen LogP contribution in [0.2, 0.25) is 0 Å². The van der Waals surface area contributed by atoms with Crippen molar-refractivity contribution in [3.05, 3.63) is 35.9 Å². The first-order valence-corrected chi connectivity index (χ1v) is 12.4. The summed E-state index contributed by atoms with van der Waals surface area (Å²) in [7, 11) is -2.17. The van der Waals surface area contributed by atoms with Crippen molar-refractivity contribution in [2.75, 3.05) is 19.3 Å². The maximum Gasteiger partial charge on any atom is 0.509 e. The maximum absolute atomic E-state index is 12.6. The molecule has 1 aromatic carbocycles. The maximum atomic E-state index is 12.6. The molecular weight excluding hydrogens is 415 g/mol. The Morgan fingerprint density at radius 3 is 2.48 bits per heavy atom. The Bertz CT molecular complexity index is 724. The third-order valence-corrected chi connectivity index (χ3v) is 7.35. The molecule has 2 rings (SSSR count). The summed E-state index contributed by atoms with van der Waals surface area (Å²) < 4.78 is 18.2. The number of nitrogens with zero attached hydrogens (tertiary/aromatic N) is 1. The smallest absolute Gasteiger partial charge is 0.481 e. The van der Waals surface area contributed by atoms with Crippen LogP contribution in [-0.2, 0) is 25.2 Å². The zero-order valence-electron chi connectivity index (χ0n) is 18.6. The zero-order chi connectivity index (χ0) is 22.9. The quantitative estimate of drug-likeness (QED) is 0.346. The summed E-state index contributed by atoms with van der Waals surface area (Å²) in [5.41, 5.74) is 7.00. The molecule has 1 saturated carbocycles. The van der Waals surface area contributed by atoms with E-state index in [2.05, 4.69) is 0 Å². The molecule has 1 amide bonds. The Balaban J connectivity index is 2.08. The third kappa shape index (κ3) is 7.99. The van der Waals surface area contributed by atoms with Crippen LogP contribution in [-0.4, -0.2) is 47.2 Å². The molecule has 3 N–H and O–H groups in total. The third-order valence-electron chi connectivity index (χ3n) is 6.24. The number of amides is 1. The Labute approximate surface area is 186 Å². The second-order valence-electron chi connectivity index (χ2n) is 9.04. The van der Waals surface area contributed by atoms with E-state index in [0.717, 1.165) is 44.1 Å². The lowest BCUT2D eigenvalue weighted by molar-refractivity contribution is -0.142. The van der Waals surface area contributed by atoms with E-state index in [0.29, 0.717) is 13.1 Å². The summed E-state index contributed by atoms with van der Waals surface area (Å²) in [6.45, 7) is 4.37. The molecule has 0 saturated heterocycles. The highest BCUT2D eigenvalue weighted by atomic mass is 31.1. The van der Waals surface area contributed by atoms with Gasteiger partial charge >= 0.3 is 14.0 Å². The van der Waals surface area contributed by atoms with Crippen molar-refractivity contribution in [2.24, 2.45) is 23.5 Å². The Kier molecular flexibility index (Phi) is 10.1. The first-order chi connectivity index (χ1) is 14.7. The van der Waals surface area contributed by atoms with Crippen LogP contribution in [0, 0.1) is 17.8 Å². The van der Waals surface area contributed by atoms with Crippen molar-refractivity contribution < 1.29 is 23.8 Å². The predicted molar refractivity (Wildman–Crippen MR) is 121 cm³/mol. The van der Waals surface area contributed by atoms with Gasteiger partial charge in [0.1, 0.15) is 12.5 Å². The molecule has 3 unspecified atom stereocenters. The minimum absolute atomic E-state index is 0.0372. The molecule has 31 heavy (non-hydrogen) atoms. The fraction of sp³-hybridized carbons (Fsp3) is 0.652. The monoisotopic (exact) mass is 451 g/mol. The van der Waals surface area contributed by atoms with Crippen LogP contribution in [0.5, 0.6) is 0 Å². The second kappa shape index (κ2) is 12.3. The molecule has 1 fully saturated rings. The average Bonchev–Trinajstić information content (AvgIpc) is 2.76. The lowest BCUT2D eigenvalue weighted by Gasteiger charge is -2.40. The van der Waals surface area contributed by atoms with Crippen molar-refractivity contribution >= 4 is 20.4 Å². The van der Waals surface area contributed by atoms with Crippen LogP contribution in [0.25, 0.3) is 0 Å². The number of nitrogens with two attached hydrogens (primary N) is 1. The highest BCUT2D eigenvalue weighted by molar-refractivity contribution is 7.39. The molecule has 7 nitrogen and oxygen atoms in total. The molecular formula is C23H36N2O5P+. The van der Waals surface area contributed by atoms with Crippen LogP contribution in [0.1, 0.15) is 51.5 Å². The van der Waals surface area contributed by atoms with Gasteiger partial charge in [-0.1, -0.05) is 63.4 Å². The van der Waals surface area contributed by atoms with E-state index >= 15 is 0 Å². The van der Waals surface area contributed by atoms with Gasteiger partial charge in [-0.15, -0.1) is 4.52 Å². The molecule has 172 valence electrons. The minimum Gasteiger partial charge on any atom is -0.481 e. The molecule has 0 heterocycles. The second-order valence-corrected chi connectivity index (χ2v) is 10.3. The van der Waals surface area contributed by atoms with Gasteiger partial charge in [0, 0.05) is 13.1 Å². The highest BCUT2D eigenvalue weighted by Crippen LogP contribution is 2.36. The number of hydrogen-bond donors (Lipinski definition) is 2. The van der Waals surface area contributed by atoms with E-state index in [9.17, 15) is 19.3 Å². The van der Waals surface area contributed by atoms with Crippen molar-refractivity contribution in [3.8, 4) is 0 Å². The molecule has 8 heteroatoms. The number of benzene rings is 1. The van der Waals surface area contributed by atoms with E-state index in [1.165, 1.54) is 0 Å². The molecule has 0 aromatic heterocycles. The van der Waals surface area contributed by atoms with Gasteiger partial charge in [0.05, 0.1) is 5.54 Å². The summed E-state index contributed by atoms with van der Waals surface area (Å²) in [4.78, 5) is 24.9. The number of carbonyl (C=O) groups is 2. The van der Waals surface area contributed by atoms with Gasteiger partial charge < -0.3 is 15.7 Å². The summed E-state index contributed by atoms with van der Waals surface area (Å²) in [5.74, 6) is -1.68. The van der Waals surface area contributed by atoms with Crippen LogP contribution >= 0.6 is 8.03 Å². The first kappa shape index (κ1) is 25.4. The number of carbonyl (C=O) groups excluding carboxylic acids is 1. The zero-order valence-corrected chi connectivity index (χ0v) is 19.5. The van der Waals surface area contributed by atoms with Crippen molar-refractivity contribution in [2.45, 2.75) is 58.0 Å². The normalized spacial score (nSPS) is 18.3. The Morgan fingerprint density at radius 1 is 1.29 bits per heavy atom. The molecule has 0 radical (unpaired) electrons. The number of carboxylic acids is 1. The summed E-state index contributed by atoms with van der Waals surface area (Å²) in [6.07, 6.45) is 5.96. The van der Waals surface area contributed by atoms with E-state index in [1.54, 1.807) is 18.7 Å². The molecule has 1 aliphatic rings. The van der Waals surface area contributed by atoms with Gasteiger partial charge in [-0.3, -0.25) is 9.59 Å². The van der Waals surface area contributed by atoms with Gasteiger partial charge in [-0.25, -0.2) is 0 Å². The van der Waals surface area contributed by atoms with E-state index in [-0.39, 0.29) is 24.6 Å². The van der Waals surface area contributed by atoms with Gasteiger partial charge in [0.2, 0.25) is 6.41 Å². The summed E-state index contributed by atoms with van der Waals surface area (Å²) in [5, 5.41) is 9.36. The Morgan fingerprint density at radius 2 is 1.94 bits per heavy atom. The first-order valence-electron chi connectivity index (χ1n) is 11.1. The molecule has 0 spiro atoms. The molecule has 1 aromatic rings. The van der Waals surface area contributed by atoms with Crippen molar-refractivity contribution in [3.63, 3.8) is 0 Å². The lowest BCUT2D eigenvalue weighted by atomic mass is 9.75. The highest BCUT2D eigenvalue weighted by Gasteiger charge is 2.41. The average molecular weight is 452 g/mol. The van der Waals surface area contributed by atoms with Gasteiger partial charge in [-0.05, 0) is 34.8 Å². The largest absolute Gasteiger partial charge is 0.509 e. The lowest BCUT2D eigenvalue weighted by Crippen LogP contribution is -2.58. The van der Waals surface area contributed by atoms with Gasteiger partial charge in [0.25, 0.3) is 0 Å². The van der Waals surface area contributed by atoms with Crippen LogP contribution < -0.4 is 5.73 Å². The number of rotatable bonds is 13. The summed E-state index contributed by atoms with van der Waals surface area (Å²) >= 11 is 0. The van der Waals surface area contributed by atoms with E-state index < -0.39 is 25.5 Å². The van der Waals surface area contributed by atoms with Gasteiger partial charge in [0.15, 0.2) is 6.16 Å². The standard InChI is InChI=1S/C23H35N2O5P/c1-18(2)21(22(27)28)14-31(29)30-16-23(24,20-11-7-4-8-12-20)15-25(17-26)13-19-9-5-3-6-10-19/h3,5-6,9-10,17-18,20-21H,4,7-8,11-16,24H2,1-2H3/p+1. The van der Waals surface area contributed by atoms with Gasteiger partial charge in [-0.2, -0.15) is 0 Å². The minimum atomic E-state index is -2.17. The Hall–Kier alpha value is -1.82. The van der Waals surface area contributed by atoms with Crippen LogP contribution in [0.15, 0.2) is 30.3 Å². The van der Waals surface area contributed by atoms with Crippen molar-refractivity contribution in [1.29, 1.82) is 0 Å². The molecule has 0 aliphatic heterocycles. The molecule has 0 bridgehead atoms. The SMILES string of the molecule is CC(C)C(C[P+](=O)OCC(N)(CN(C=O)Cc1ccccc1)C1CCCCC1)C(=O)O. The van der Waals surface area contributed by atoms with Crippen LogP contribution in [0.3, 0.4) is 0 Å². The van der Waals surface area contributed by atoms with E-state index in [4.69, 9.17) is 10.3 Å². The number of aliphatic carboxylic acids is 1. The fourth-order valence-electron chi connectivity index (χ4n) is 4.28. The number of hydrogen-bond acceptors (Lipinski definition) is 5.